The van der Waals surface area contributed by atoms with E-state index >= 15 is 0 Å². The van der Waals surface area contributed by atoms with Gasteiger partial charge in [-0.15, -0.1) is 0 Å². The van der Waals surface area contributed by atoms with E-state index in [1.54, 1.807) is 18.2 Å². The van der Waals surface area contributed by atoms with Crippen molar-refractivity contribution in [3.8, 4) is 5.88 Å². The molecular formula is C18H19ClFN3O2. The molecular weight excluding hydrogens is 345 g/mol. The van der Waals surface area contributed by atoms with Gasteiger partial charge in [-0.25, -0.2) is 4.39 Å². The molecule has 1 aromatic heterocycles. The van der Waals surface area contributed by atoms with E-state index in [0.29, 0.717) is 29.7 Å². The lowest BCUT2D eigenvalue weighted by Crippen LogP contribution is -2.53. The number of aromatic nitrogens is 1. The number of ether oxygens (including phenoxy) is 2. The van der Waals surface area contributed by atoms with E-state index < -0.39 is 0 Å². The SMILES string of the molecule is Fc1cc(Cl)ccc1COc1ccc2c(n1)N1CCNC[C@@H]1COC2. The lowest BCUT2D eigenvalue weighted by molar-refractivity contribution is 0.109. The van der Waals surface area contributed by atoms with Gasteiger partial charge in [0.15, 0.2) is 0 Å². The average Bonchev–Trinajstić information content (AvgIpc) is 2.80. The first-order valence-electron chi connectivity index (χ1n) is 8.32. The number of piperazine rings is 1. The van der Waals surface area contributed by atoms with Crippen LogP contribution in [-0.4, -0.2) is 37.3 Å². The van der Waals surface area contributed by atoms with Gasteiger partial charge in [-0.2, -0.15) is 4.98 Å². The van der Waals surface area contributed by atoms with Gasteiger partial charge < -0.3 is 19.7 Å². The molecule has 0 unspecified atom stereocenters. The third-order valence-electron chi connectivity index (χ3n) is 4.51. The molecule has 2 aliphatic rings. The molecule has 132 valence electrons. The molecule has 3 heterocycles. The molecule has 2 aliphatic heterocycles. The van der Waals surface area contributed by atoms with Gasteiger partial charge in [0, 0.05) is 41.9 Å². The molecule has 7 heteroatoms. The van der Waals surface area contributed by atoms with Gasteiger partial charge in [0.1, 0.15) is 18.2 Å². The van der Waals surface area contributed by atoms with Gasteiger partial charge >= 0.3 is 0 Å². The molecule has 1 fully saturated rings. The minimum Gasteiger partial charge on any atom is -0.473 e. The molecule has 0 spiro atoms. The normalized spacial score (nSPS) is 19.8. The zero-order valence-electron chi connectivity index (χ0n) is 13.7. The Morgan fingerprint density at radius 3 is 3.16 bits per heavy atom. The maximum absolute atomic E-state index is 13.9. The average molecular weight is 364 g/mol. The number of anilines is 1. The molecule has 1 atom stereocenters. The van der Waals surface area contributed by atoms with Crippen molar-refractivity contribution in [2.24, 2.45) is 0 Å². The van der Waals surface area contributed by atoms with E-state index in [1.807, 2.05) is 6.07 Å². The van der Waals surface area contributed by atoms with Crippen molar-refractivity contribution in [2.45, 2.75) is 19.3 Å². The second-order valence-electron chi connectivity index (χ2n) is 6.22. The summed E-state index contributed by atoms with van der Waals surface area (Å²) in [4.78, 5) is 6.94. The van der Waals surface area contributed by atoms with Crippen LogP contribution in [0.1, 0.15) is 11.1 Å². The Labute approximate surface area is 150 Å². The maximum atomic E-state index is 13.9. The Kier molecular flexibility index (Phi) is 4.74. The first-order valence-corrected chi connectivity index (χ1v) is 8.70. The Morgan fingerprint density at radius 1 is 1.36 bits per heavy atom. The van der Waals surface area contributed by atoms with Crippen LogP contribution in [0.2, 0.25) is 5.02 Å². The standard InChI is InChI=1S/C18H19ClFN3O2/c19-14-3-1-12(16(20)7-14)10-25-17-4-2-13-9-24-11-15-8-21-5-6-23(15)18(13)22-17/h1-4,7,15,21H,5-6,8-11H2/t15-/m1/s1. The lowest BCUT2D eigenvalue weighted by atomic mass is 10.2. The van der Waals surface area contributed by atoms with E-state index in [9.17, 15) is 4.39 Å². The molecule has 1 N–H and O–H groups in total. The summed E-state index contributed by atoms with van der Waals surface area (Å²) in [6.45, 7) is 4.00. The summed E-state index contributed by atoms with van der Waals surface area (Å²) in [7, 11) is 0. The van der Waals surface area contributed by atoms with Crippen LogP contribution >= 0.6 is 11.6 Å². The molecule has 25 heavy (non-hydrogen) atoms. The Morgan fingerprint density at radius 2 is 2.28 bits per heavy atom. The summed E-state index contributed by atoms with van der Waals surface area (Å²) in [5.74, 6) is 1.00. The number of halogens is 2. The highest BCUT2D eigenvalue weighted by molar-refractivity contribution is 6.30. The first-order chi connectivity index (χ1) is 12.2. The van der Waals surface area contributed by atoms with Crippen molar-refractivity contribution >= 4 is 17.4 Å². The summed E-state index contributed by atoms with van der Waals surface area (Å²) in [5, 5.41) is 3.75. The van der Waals surface area contributed by atoms with Crippen molar-refractivity contribution in [3.63, 3.8) is 0 Å². The third kappa shape index (κ3) is 3.56. The summed E-state index contributed by atoms with van der Waals surface area (Å²) in [6, 6.07) is 8.61. The zero-order valence-corrected chi connectivity index (χ0v) is 14.4. The van der Waals surface area contributed by atoms with Crippen LogP contribution in [0.25, 0.3) is 0 Å². The molecule has 2 aromatic rings. The first kappa shape index (κ1) is 16.6. The largest absolute Gasteiger partial charge is 0.473 e. The Bertz CT molecular complexity index is 774. The van der Waals surface area contributed by atoms with Crippen LogP contribution in [0.4, 0.5) is 10.2 Å². The van der Waals surface area contributed by atoms with Crippen LogP contribution in [0.5, 0.6) is 5.88 Å². The van der Waals surface area contributed by atoms with Gasteiger partial charge in [-0.05, 0) is 18.2 Å². The number of rotatable bonds is 3. The lowest BCUT2D eigenvalue weighted by Gasteiger charge is -2.35. The summed E-state index contributed by atoms with van der Waals surface area (Å²) in [6.07, 6.45) is 0. The fourth-order valence-corrected chi connectivity index (χ4v) is 3.34. The van der Waals surface area contributed by atoms with Crippen LogP contribution in [0.3, 0.4) is 0 Å². The van der Waals surface area contributed by atoms with Crippen LogP contribution in [0, 0.1) is 5.82 Å². The minimum atomic E-state index is -0.377. The number of nitrogens with zero attached hydrogens (tertiary/aromatic N) is 2. The van der Waals surface area contributed by atoms with Crippen molar-refractivity contribution in [1.82, 2.24) is 10.3 Å². The highest BCUT2D eigenvalue weighted by Gasteiger charge is 2.28. The molecule has 4 rings (SSSR count). The third-order valence-corrected chi connectivity index (χ3v) is 4.75. The number of pyridine rings is 1. The zero-order chi connectivity index (χ0) is 17.2. The van der Waals surface area contributed by atoms with Gasteiger partial charge in [-0.1, -0.05) is 17.7 Å². The number of fused-ring (bicyclic) bond motifs is 3. The van der Waals surface area contributed by atoms with Gasteiger partial charge in [-0.3, -0.25) is 0 Å². The van der Waals surface area contributed by atoms with Crippen LogP contribution in [0.15, 0.2) is 30.3 Å². The number of hydrogen-bond acceptors (Lipinski definition) is 5. The fourth-order valence-electron chi connectivity index (χ4n) is 3.19. The smallest absolute Gasteiger partial charge is 0.215 e. The summed E-state index contributed by atoms with van der Waals surface area (Å²) in [5.41, 5.74) is 1.50. The second kappa shape index (κ2) is 7.15. The highest BCUT2D eigenvalue weighted by atomic mass is 35.5. The molecule has 0 saturated carbocycles. The number of benzene rings is 1. The van der Waals surface area contributed by atoms with E-state index in [1.165, 1.54) is 6.07 Å². The molecule has 5 nitrogen and oxygen atoms in total. The Balaban J connectivity index is 1.54. The molecule has 0 amide bonds. The van der Waals surface area contributed by atoms with Crippen LogP contribution in [-0.2, 0) is 18.0 Å². The molecule has 1 saturated heterocycles. The minimum absolute atomic E-state index is 0.107. The van der Waals surface area contributed by atoms with E-state index in [-0.39, 0.29) is 18.5 Å². The Hall–Kier alpha value is -1.89. The highest BCUT2D eigenvalue weighted by Crippen LogP contribution is 2.28. The topological polar surface area (TPSA) is 46.6 Å². The molecule has 1 aromatic carbocycles. The summed E-state index contributed by atoms with van der Waals surface area (Å²) < 4.78 is 25.4. The number of hydrogen-bond donors (Lipinski definition) is 1. The van der Waals surface area contributed by atoms with Crippen molar-refractivity contribution in [1.29, 1.82) is 0 Å². The van der Waals surface area contributed by atoms with Gasteiger partial charge in [0.05, 0.1) is 19.3 Å². The second-order valence-corrected chi connectivity index (χ2v) is 6.66. The molecule has 0 radical (unpaired) electrons. The molecule has 0 bridgehead atoms. The number of nitrogens with one attached hydrogen (secondary N) is 1. The predicted molar refractivity (Wildman–Crippen MR) is 93.6 cm³/mol. The van der Waals surface area contributed by atoms with E-state index in [2.05, 4.69) is 15.2 Å². The fraction of sp³-hybridized carbons (Fsp3) is 0.389. The monoisotopic (exact) mass is 363 g/mol. The quantitative estimate of drug-likeness (QED) is 0.908. The predicted octanol–water partition coefficient (Wildman–Crippen LogP) is 2.76. The van der Waals surface area contributed by atoms with Crippen molar-refractivity contribution in [3.05, 3.63) is 52.3 Å². The van der Waals surface area contributed by atoms with Gasteiger partial charge in [0.2, 0.25) is 5.88 Å². The van der Waals surface area contributed by atoms with Crippen LogP contribution < -0.4 is 15.0 Å². The maximum Gasteiger partial charge on any atom is 0.215 e. The van der Waals surface area contributed by atoms with E-state index in [0.717, 1.165) is 31.0 Å². The van der Waals surface area contributed by atoms with Crippen molar-refractivity contribution in [2.75, 3.05) is 31.1 Å². The van der Waals surface area contributed by atoms with Gasteiger partial charge in [0.25, 0.3) is 0 Å². The van der Waals surface area contributed by atoms with E-state index in [4.69, 9.17) is 21.1 Å². The molecule has 0 aliphatic carbocycles. The van der Waals surface area contributed by atoms with Crippen molar-refractivity contribution < 1.29 is 13.9 Å². The summed E-state index contributed by atoms with van der Waals surface area (Å²) >= 11 is 5.78.